The molecule has 7 aromatic rings. The van der Waals surface area contributed by atoms with E-state index in [0.29, 0.717) is 57.0 Å². The van der Waals surface area contributed by atoms with Crippen LogP contribution in [-0.2, 0) is 19.5 Å². The summed E-state index contributed by atoms with van der Waals surface area (Å²) in [5.41, 5.74) is 5.66. The number of hydrogen-bond donors (Lipinski definition) is 0. The summed E-state index contributed by atoms with van der Waals surface area (Å²) in [6.07, 6.45) is 0.807. The summed E-state index contributed by atoms with van der Waals surface area (Å²) in [5, 5.41) is 3.36. The quantitative estimate of drug-likeness (QED) is 0.165. The van der Waals surface area contributed by atoms with Gasteiger partial charge in [-0.25, -0.2) is 9.97 Å². The normalized spacial score (nSPS) is 11.6. The molecule has 0 N–H and O–H groups in total. The van der Waals surface area contributed by atoms with Crippen molar-refractivity contribution in [1.29, 1.82) is 0 Å². The molecule has 0 unspecified atom stereocenters. The Hall–Kier alpha value is -5.47. The fraction of sp³-hybridized carbons (Fsp3) is 0. The SMILES string of the molecule is O=Cc1ccc2c(c1)-c1nc-2nc2[n-]c(nc3nc(nc4[n-]c(n1)c1ccccc41)-c1ccccc1-3)c1ccccc21.[Zn+2]. The zero-order chi connectivity index (χ0) is 27.8. The zero-order valence-electron chi connectivity index (χ0n) is 22.4. The van der Waals surface area contributed by atoms with Crippen LogP contribution in [0.15, 0.2) is 91.0 Å². The Labute approximate surface area is 255 Å². The summed E-state index contributed by atoms with van der Waals surface area (Å²) in [7, 11) is 0. The summed E-state index contributed by atoms with van der Waals surface area (Å²) in [5.74, 6) is 1.90. The van der Waals surface area contributed by atoms with Gasteiger partial charge in [-0.15, -0.1) is 0 Å². The van der Waals surface area contributed by atoms with E-state index in [1.54, 1.807) is 12.1 Å². The van der Waals surface area contributed by atoms with E-state index in [9.17, 15) is 4.79 Å². The third-order valence-corrected chi connectivity index (χ3v) is 7.58. The maximum Gasteiger partial charge on any atom is 2.00 e. The second-order valence-electron chi connectivity index (χ2n) is 10.0. The van der Waals surface area contributed by atoms with E-state index in [1.165, 1.54) is 0 Å². The van der Waals surface area contributed by atoms with E-state index in [1.807, 2.05) is 78.9 Å². The smallest absolute Gasteiger partial charge is 0.357 e. The molecule has 5 heterocycles. The van der Waals surface area contributed by atoms with Crippen LogP contribution < -0.4 is 9.97 Å². The fourth-order valence-electron chi connectivity index (χ4n) is 5.60. The Bertz CT molecular complexity index is 2460. The van der Waals surface area contributed by atoms with Gasteiger partial charge in [0.15, 0.2) is 0 Å². The Morgan fingerprint density at radius 1 is 0.442 bits per heavy atom. The fourth-order valence-corrected chi connectivity index (χ4v) is 5.60. The number of nitrogens with zero attached hydrogens (tertiary/aromatic N) is 8. The predicted molar refractivity (Wildman–Crippen MR) is 159 cm³/mol. The largest absolute Gasteiger partial charge is 2.00 e. The molecule has 43 heavy (non-hydrogen) atoms. The molecule has 0 atom stereocenters. The molecule has 0 radical (unpaired) electrons. The van der Waals surface area contributed by atoms with Gasteiger partial charge in [-0.2, -0.15) is 0 Å². The van der Waals surface area contributed by atoms with Crippen LogP contribution in [0.4, 0.5) is 0 Å². The summed E-state index contributed by atoms with van der Waals surface area (Å²) >= 11 is 0. The second-order valence-corrected chi connectivity index (χ2v) is 10.0. The van der Waals surface area contributed by atoms with Gasteiger partial charge in [0.05, 0.1) is 23.3 Å². The van der Waals surface area contributed by atoms with Crippen molar-refractivity contribution >= 4 is 50.4 Å². The first-order chi connectivity index (χ1) is 20.7. The molecule has 9 nitrogen and oxygen atoms in total. The molecule has 0 saturated heterocycles. The molecule has 0 aliphatic carbocycles. The standard InChI is InChI=1S/C33H17N8O.Zn/c42-16-17-13-14-24-25(15-17)33-40-31-23-12-6-5-11-22(23)29(38-31)36-27-19-8-2-1-7-18(19)26(34-27)35-28-20-9-3-4-10-21(20)30(37-28)39-32(24)41-33;/h1-16H,(H-,34,35,36,37,38,39,40,41,42);/q-1;+2/p-1. The minimum absolute atomic E-state index is 0. The number of carbonyl (C=O) groups is 1. The summed E-state index contributed by atoms with van der Waals surface area (Å²) in [6.45, 7) is 0. The van der Waals surface area contributed by atoms with Crippen molar-refractivity contribution in [2.24, 2.45) is 0 Å². The topological polar surface area (TPSA) is 123 Å². The number of aromatic nitrogens is 8. The third kappa shape index (κ3) is 3.84. The van der Waals surface area contributed by atoms with Crippen molar-refractivity contribution in [3.8, 4) is 45.6 Å². The molecule has 4 aromatic carbocycles. The number of rotatable bonds is 1. The molecule has 0 spiro atoms. The van der Waals surface area contributed by atoms with Crippen molar-refractivity contribution in [1.82, 2.24) is 39.9 Å². The molecule has 0 fully saturated rings. The van der Waals surface area contributed by atoms with Crippen LogP contribution in [0.3, 0.4) is 0 Å². The van der Waals surface area contributed by atoms with E-state index in [2.05, 4.69) is 0 Å². The van der Waals surface area contributed by atoms with Crippen LogP contribution in [0.2, 0.25) is 0 Å². The van der Waals surface area contributed by atoms with Gasteiger partial charge in [0.2, 0.25) is 0 Å². The molecule has 196 valence electrons. The van der Waals surface area contributed by atoms with Crippen molar-refractivity contribution in [2.75, 3.05) is 0 Å². The van der Waals surface area contributed by atoms with Crippen LogP contribution in [0.1, 0.15) is 10.4 Å². The summed E-state index contributed by atoms with van der Waals surface area (Å²) < 4.78 is 0. The van der Waals surface area contributed by atoms with Gasteiger partial charge in [0.1, 0.15) is 6.29 Å². The number of aldehydes is 1. The zero-order valence-corrected chi connectivity index (χ0v) is 25.4. The molecule has 10 heteroatoms. The van der Waals surface area contributed by atoms with Crippen LogP contribution in [0.25, 0.3) is 89.7 Å². The van der Waals surface area contributed by atoms with Crippen LogP contribution in [-0.4, -0.2) is 36.2 Å². The van der Waals surface area contributed by atoms with Gasteiger partial charge in [0.25, 0.3) is 0 Å². The van der Waals surface area contributed by atoms with E-state index < -0.39 is 0 Å². The summed E-state index contributed by atoms with van der Waals surface area (Å²) in [4.78, 5) is 50.7. The monoisotopic (exact) mass is 604 g/mol. The molecule has 2 aliphatic rings. The van der Waals surface area contributed by atoms with Crippen LogP contribution >= 0.6 is 0 Å². The Morgan fingerprint density at radius 2 is 0.814 bits per heavy atom. The first-order valence-corrected chi connectivity index (χ1v) is 13.3. The number of fused-ring (bicyclic) bond motifs is 20. The third-order valence-electron chi connectivity index (χ3n) is 7.58. The van der Waals surface area contributed by atoms with Crippen LogP contribution in [0.5, 0.6) is 0 Å². The van der Waals surface area contributed by atoms with Gasteiger partial charge >= 0.3 is 19.5 Å². The van der Waals surface area contributed by atoms with Gasteiger partial charge in [-0.3, -0.25) is 4.79 Å². The minimum atomic E-state index is 0. The van der Waals surface area contributed by atoms with Gasteiger partial charge in [0, 0.05) is 50.4 Å². The maximum absolute atomic E-state index is 11.7. The number of carbonyl (C=O) groups excluding carboxylic acids is 1. The first kappa shape index (κ1) is 25.3. The first-order valence-electron chi connectivity index (χ1n) is 13.3. The molecule has 0 amide bonds. The second kappa shape index (κ2) is 9.54. The van der Waals surface area contributed by atoms with Crippen molar-refractivity contribution in [2.45, 2.75) is 0 Å². The van der Waals surface area contributed by atoms with Crippen molar-refractivity contribution in [3.63, 3.8) is 0 Å². The van der Waals surface area contributed by atoms with E-state index >= 15 is 0 Å². The molecular weight excluding hydrogens is 590 g/mol. The van der Waals surface area contributed by atoms with Gasteiger partial charge in [-0.1, -0.05) is 84.9 Å². The number of benzene rings is 4. The molecule has 9 rings (SSSR count). The molecular formula is C33H16N8OZn. The van der Waals surface area contributed by atoms with Crippen LogP contribution in [0, 0.1) is 0 Å². The predicted octanol–water partition coefficient (Wildman–Crippen LogP) is 5.94. The van der Waals surface area contributed by atoms with E-state index in [4.69, 9.17) is 39.9 Å². The molecule has 3 aromatic heterocycles. The average Bonchev–Trinajstić information content (AvgIpc) is 3.76. The Morgan fingerprint density at radius 3 is 1.23 bits per heavy atom. The average molecular weight is 606 g/mol. The van der Waals surface area contributed by atoms with Gasteiger partial charge in [-0.05, 0) is 27.6 Å². The molecule has 0 saturated carbocycles. The molecule has 8 bridgehead atoms. The minimum Gasteiger partial charge on any atom is -0.357 e. The maximum atomic E-state index is 11.7. The molecule has 2 aliphatic heterocycles. The van der Waals surface area contributed by atoms with Crippen molar-refractivity contribution in [3.05, 3.63) is 96.6 Å². The summed E-state index contributed by atoms with van der Waals surface area (Å²) in [6, 6.07) is 28.9. The van der Waals surface area contributed by atoms with Crippen molar-refractivity contribution < 1.29 is 24.3 Å². The Balaban J connectivity index is 0.00000278. The Kier molecular flexibility index (Phi) is 5.60. The number of hydrogen-bond acceptors (Lipinski definition) is 7. The van der Waals surface area contributed by atoms with E-state index in [-0.39, 0.29) is 19.5 Å². The van der Waals surface area contributed by atoms with Gasteiger partial charge < -0.3 is 29.9 Å². The van der Waals surface area contributed by atoms with E-state index in [0.717, 1.165) is 44.5 Å².